The summed E-state index contributed by atoms with van der Waals surface area (Å²) >= 11 is 5.15. The molecule has 2 heterocycles. The zero-order valence-electron chi connectivity index (χ0n) is 9.77. The van der Waals surface area contributed by atoms with Crippen molar-refractivity contribution in [1.82, 2.24) is 10.6 Å². The quantitative estimate of drug-likeness (QED) is 0.640. The molecule has 2 bridgehead atoms. The number of carbonyl (C=O) groups is 1. The van der Waals surface area contributed by atoms with Gasteiger partial charge in [-0.1, -0.05) is 18.2 Å². The highest BCUT2D eigenvalue weighted by molar-refractivity contribution is 7.80. The van der Waals surface area contributed by atoms with E-state index in [1.165, 1.54) is 0 Å². The molecular weight excluding hydrogens is 250 g/mol. The highest BCUT2D eigenvalue weighted by atomic mass is 32.1. The third-order valence-corrected chi connectivity index (χ3v) is 3.68. The van der Waals surface area contributed by atoms with Crippen LogP contribution in [0.25, 0.3) is 0 Å². The number of carbonyl (C=O) groups excluding carboxylic acids is 1. The van der Waals surface area contributed by atoms with E-state index in [1.54, 1.807) is 6.92 Å². The fraction of sp³-hybridized carbons (Fsp3) is 0.333. The molecule has 1 aromatic carbocycles. The first-order chi connectivity index (χ1) is 8.51. The molecule has 4 N–H and O–H groups in total. The minimum absolute atomic E-state index is 0.244. The first kappa shape index (κ1) is 11.3. The van der Waals surface area contributed by atoms with Gasteiger partial charge in [-0.15, -0.1) is 0 Å². The smallest absolute Gasteiger partial charge is 0.229 e. The van der Waals surface area contributed by atoms with Gasteiger partial charge >= 0.3 is 0 Å². The Morgan fingerprint density at radius 2 is 2.22 bits per heavy atom. The monoisotopic (exact) mass is 263 g/mol. The third-order valence-electron chi connectivity index (χ3n) is 3.46. The molecule has 6 heteroatoms. The number of amides is 1. The third kappa shape index (κ3) is 1.45. The fourth-order valence-electron chi connectivity index (χ4n) is 2.72. The Morgan fingerprint density at radius 1 is 1.50 bits per heavy atom. The van der Waals surface area contributed by atoms with Gasteiger partial charge < -0.3 is 21.1 Å². The van der Waals surface area contributed by atoms with Crippen LogP contribution >= 0.6 is 12.2 Å². The van der Waals surface area contributed by atoms with Crippen LogP contribution in [0.5, 0.6) is 5.75 Å². The minimum Gasteiger partial charge on any atom is -0.467 e. The largest absolute Gasteiger partial charge is 0.467 e. The van der Waals surface area contributed by atoms with Crippen LogP contribution in [-0.4, -0.2) is 16.7 Å². The van der Waals surface area contributed by atoms with Gasteiger partial charge in [-0.05, 0) is 25.2 Å². The highest BCUT2D eigenvalue weighted by Gasteiger charge is 2.53. The van der Waals surface area contributed by atoms with Gasteiger partial charge in [-0.3, -0.25) is 4.79 Å². The van der Waals surface area contributed by atoms with Crippen molar-refractivity contribution in [2.75, 3.05) is 0 Å². The maximum absolute atomic E-state index is 11.7. The number of nitrogens with one attached hydrogen (secondary N) is 2. The second-order valence-corrected chi connectivity index (χ2v) is 5.11. The van der Waals surface area contributed by atoms with E-state index in [1.807, 2.05) is 24.3 Å². The van der Waals surface area contributed by atoms with Gasteiger partial charge in [0.15, 0.2) is 10.8 Å². The zero-order valence-corrected chi connectivity index (χ0v) is 10.6. The summed E-state index contributed by atoms with van der Waals surface area (Å²) in [5.74, 6) is -0.191. The molecule has 18 heavy (non-hydrogen) atoms. The molecule has 0 unspecified atom stereocenters. The average molecular weight is 263 g/mol. The van der Waals surface area contributed by atoms with Gasteiger partial charge in [0.2, 0.25) is 5.91 Å². The number of primary amides is 1. The van der Waals surface area contributed by atoms with Crippen molar-refractivity contribution in [3.63, 3.8) is 0 Å². The van der Waals surface area contributed by atoms with Crippen LogP contribution in [0.1, 0.15) is 18.5 Å². The van der Waals surface area contributed by atoms with Crippen LogP contribution in [0.3, 0.4) is 0 Å². The van der Waals surface area contributed by atoms with Crippen molar-refractivity contribution in [3.8, 4) is 5.75 Å². The van der Waals surface area contributed by atoms with E-state index < -0.39 is 17.6 Å². The summed E-state index contributed by atoms with van der Waals surface area (Å²) in [6.45, 7) is 1.79. The topological polar surface area (TPSA) is 76.4 Å². The second kappa shape index (κ2) is 3.58. The van der Waals surface area contributed by atoms with Gasteiger partial charge in [0, 0.05) is 5.56 Å². The number of fused-ring (bicyclic) bond motifs is 4. The summed E-state index contributed by atoms with van der Waals surface area (Å²) in [6, 6.07) is 7.33. The van der Waals surface area contributed by atoms with E-state index >= 15 is 0 Å². The molecule has 0 spiro atoms. The number of ether oxygens (including phenoxy) is 1. The van der Waals surface area contributed by atoms with Gasteiger partial charge in [0.05, 0.1) is 6.04 Å². The second-order valence-electron chi connectivity index (χ2n) is 4.70. The van der Waals surface area contributed by atoms with E-state index in [2.05, 4.69) is 10.6 Å². The van der Waals surface area contributed by atoms with Crippen molar-refractivity contribution in [1.29, 1.82) is 0 Å². The molecular formula is C12H13N3O2S. The van der Waals surface area contributed by atoms with Gasteiger partial charge in [0.25, 0.3) is 0 Å². The van der Waals surface area contributed by atoms with E-state index in [4.69, 9.17) is 22.7 Å². The zero-order chi connectivity index (χ0) is 12.9. The van der Waals surface area contributed by atoms with Crippen molar-refractivity contribution >= 4 is 23.2 Å². The summed E-state index contributed by atoms with van der Waals surface area (Å²) < 4.78 is 5.90. The van der Waals surface area contributed by atoms with Crippen LogP contribution < -0.4 is 21.1 Å². The summed E-state index contributed by atoms with van der Waals surface area (Å²) in [7, 11) is 0. The molecule has 1 aromatic rings. The number of thiocarbonyl (C=S) groups is 1. The Kier molecular flexibility index (Phi) is 2.25. The lowest BCUT2D eigenvalue weighted by molar-refractivity contribution is -0.134. The normalized spacial score (nSPS) is 32.6. The van der Waals surface area contributed by atoms with Crippen molar-refractivity contribution in [2.24, 2.45) is 11.7 Å². The molecule has 2 aliphatic rings. The minimum atomic E-state index is -0.896. The molecule has 1 fully saturated rings. The molecule has 3 rings (SSSR count). The number of rotatable bonds is 1. The number of benzene rings is 1. The SMILES string of the molecule is C[C@@]12NC(=S)N[C@H](c3ccccc3O1)[C@@H]2C(N)=O. The number of para-hydroxylation sites is 1. The van der Waals surface area contributed by atoms with Crippen LogP contribution in [0.4, 0.5) is 0 Å². The molecule has 0 radical (unpaired) electrons. The molecule has 0 aliphatic carbocycles. The average Bonchev–Trinajstić information content (AvgIpc) is 2.26. The molecule has 0 saturated carbocycles. The van der Waals surface area contributed by atoms with Crippen LogP contribution in [0.15, 0.2) is 24.3 Å². The van der Waals surface area contributed by atoms with Gasteiger partial charge in [-0.25, -0.2) is 0 Å². The van der Waals surface area contributed by atoms with Crippen molar-refractivity contribution in [2.45, 2.75) is 18.7 Å². The Bertz CT molecular complexity index is 548. The lowest BCUT2D eigenvalue weighted by atomic mass is 9.80. The van der Waals surface area contributed by atoms with Crippen LogP contribution in [0, 0.1) is 5.92 Å². The molecule has 1 saturated heterocycles. The molecule has 5 nitrogen and oxygen atoms in total. The lowest BCUT2D eigenvalue weighted by Crippen LogP contribution is -2.70. The first-order valence-corrected chi connectivity index (χ1v) is 6.08. The lowest BCUT2D eigenvalue weighted by Gasteiger charge is -2.50. The summed E-state index contributed by atoms with van der Waals surface area (Å²) in [5, 5.41) is 6.56. The van der Waals surface area contributed by atoms with E-state index in [0.717, 1.165) is 11.3 Å². The Labute approximate surface area is 110 Å². The van der Waals surface area contributed by atoms with E-state index in [9.17, 15) is 4.79 Å². The Morgan fingerprint density at radius 3 is 2.94 bits per heavy atom. The van der Waals surface area contributed by atoms with Crippen LogP contribution in [0.2, 0.25) is 0 Å². The van der Waals surface area contributed by atoms with Crippen LogP contribution in [-0.2, 0) is 4.79 Å². The fourth-order valence-corrected chi connectivity index (χ4v) is 3.05. The number of hydrogen-bond donors (Lipinski definition) is 3. The molecule has 2 aliphatic heterocycles. The van der Waals surface area contributed by atoms with E-state index in [-0.39, 0.29) is 6.04 Å². The highest BCUT2D eigenvalue weighted by Crippen LogP contribution is 2.44. The summed E-state index contributed by atoms with van der Waals surface area (Å²) in [5.41, 5.74) is 5.51. The summed E-state index contributed by atoms with van der Waals surface area (Å²) in [6.07, 6.45) is 0. The molecule has 94 valence electrons. The Balaban J connectivity index is 2.17. The first-order valence-electron chi connectivity index (χ1n) is 5.67. The number of hydrogen-bond acceptors (Lipinski definition) is 3. The predicted molar refractivity (Wildman–Crippen MR) is 69.8 cm³/mol. The summed E-state index contributed by atoms with van der Waals surface area (Å²) in [4.78, 5) is 11.7. The Hall–Kier alpha value is -1.82. The molecule has 1 amide bonds. The molecule has 0 aromatic heterocycles. The van der Waals surface area contributed by atoms with E-state index in [0.29, 0.717) is 5.11 Å². The van der Waals surface area contributed by atoms with Crippen molar-refractivity contribution in [3.05, 3.63) is 29.8 Å². The van der Waals surface area contributed by atoms with Crippen molar-refractivity contribution < 1.29 is 9.53 Å². The standard InChI is InChI=1S/C12H13N3O2S/c1-12-8(10(13)16)9(14-11(18)15-12)6-4-2-3-5-7(6)17-12/h2-5,8-9H,1H3,(H2,13,16)(H2,14,15,18)/t8-,9-,12-/m1/s1. The molecule has 3 atom stereocenters. The predicted octanol–water partition coefficient (Wildman–Crippen LogP) is 0.415. The maximum atomic E-state index is 11.7. The maximum Gasteiger partial charge on any atom is 0.229 e. The number of nitrogens with two attached hydrogens (primary N) is 1. The van der Waals surface area contributed by atoms with Gasteiger partial charge in [-0.2, -0.15) is 0 Å². The van der Waals surface area contributed by atoms with Gasteiger partial charge in [0.1, 0.15) is 11.7 Å².